The Labute approximate surface area is 273 Å². The third kappa shape index (κ3) is 9.40. The van der Waals surface area contributed by atoms with Gasteiger partial charge in [0.05, 0.1) is 22.4 Å². The molecule has 0 spiro atoms. The molecule has 0 saturated carbocycles. The minimum atomic E-state index is -0.817. The Morgan fingerprint density at radius 1 is 0.933 bits per heavy atom. The van der Waals surface area contributed by atoms with E-state index in [1.807, 2.05) is 17.5 Å². The van der Waals surface area contributed by atoms with Gasteiger partial charge in [-0.2, -0.15) is 0 Å². The molecule has 1 N–H and O–H groups in total. The number of amides is 3. The fourth-order valence-electron chi connectivity index (χ4n) is 5.23. The van der Waals surface area contributed by atoms with Crippen molar-refractivity contribution in [3.8, 4) is 0 Å². The predicted molar refractivity (Wildman–Crippen MR) is 174 cm³/mol. The van der Waals surface area contributed by atoms with E-state index in [0.717, 1.165) is 4.88 Å². The summed E-state index contributed by atoms with van der Waals surface area (Å²) < 4.78 is 11.2. The molecule has 3 heterocycles. The maximum Gasteiger partial charge on any atom is 0.326 e. The molecule has 2 aliphatic heterocycles. The summed E-state index contributed by atoms with van der Waals surface area (Å²) in [6.45, 7) is 11.0. The van der Waals surface area contributed by atoms with Gasteiger partial charge in [-0.05, 0) is 84.4 Å². The molecule has 3 atom stereocenters. The predicted octanol–water partition coefficient (Wildman–Crippen LogP) is 4.84. The standard InChI is InChI=1S/C33H43N3O7S2/c1-32(2,3)42-27(37)19-35-18-26(25-15-11-17-44-25)45-20-24(30(35)40)34-23(31(41)43-33(4,5)6)14-9-10-16-36-28(38)21-12-7-8-13-22(21)29(36)39/h7-8,11-13,15,17,23-24,26,34H,9-10,14,16,18-20H2,1-6H3. The lowest BCUT2D eigenvalue weighted by Crippen LogP contribution is -2.54. The molecule has 1 saturated heterocycles. The van der Waals surface area contributed by atoms with Gasteiger partial charge in [0.25, 0.3) is 11.8 Å². The van der Waals surface area contributed by atoms with E-state index in [1.54, 1.807) is 88.9 Å². The Hall–Kier alpha value is -3.22. The van der Waals surface area contributed by atoms with Crippen molar-refractivity contribution < 1.29 is 33.4 Å². The van der Waals surface area contributed by atoms with E-state index < -0.39 is 35.2 Å². The van der Waals surface area contributed by atoms with Gasteiger partial charge in [0.2, 0.25) is 5.91 Å². The molecule has 0 radical (unpaired) electrons. The number of hydrogen-bond acceptors (Lipinski definition) is 10. The Balaban J connectivity index is 1.46. The number of thioether (sulfide) groups is 1. The first-order valence-electron chi connectivity index (χ1n) is 15.2. The average Bonchev–Trinajstić information content (AvgIpc) is 3.52. The first-order chi connectivity index (χ1) is 21.1. The van der Waals surface area contributed by atoms with Crippen LogP contribution in [0.25, 0.3) is 0 Å². The number of imide groups is 1. The van der Waals surface area contributed by atoms with Crippen molar-refractivity contribution in [2.75, 3.05) is 25.4 Å². The number of benzene rings is 1. The van der Waals surface area contributed by atoms with Crippen molar-refractivity contribution >= 4 is 52.8 Å². The highest BCUT2D eigenvalue weighted by atomic mass is 32.2. The summed E-state index contributed by atoms with van der Waals surface area (Å²) in [4.78, 5) is 69.5. The maximum absolute atomic E-state index is 13.9. The van der Waals surface area contributed by atoms with Gasteiger partial charge >= 0.3 is 11.9 Å². The number of nitrogens with zero attached hydrogens (tertiary/aromatic N) is 2. The van der Waals surface area contributed by atoms with Crippen LogP contribution in [0.15, 0.2) is 41.8 Å². The van der Waals surface area contributed by atoms with Gasteiger partial charge in [-0.25, -0.2) is 0 Å². The molecule has 3 unspecified atom stereocenters. The number of nitrogens with one attached hydrogen (secondary N) is 1. The smallest absolute Gasteiger partial charge is 0.326 e. The van der Waals surface area contributed by atoms with E-state index in [-0.39, 0.29) is 36.1 Å². The van der Waals surface area contributed by atoms with Crippen molar-refractivity contribution in [2.45, 2.75) is 89.3 Å². The van der Waals surface area contributed by atoms with Crippen LogP contribution in [0.1, 0.15) is 91.6 Å². The second-order valence-corrected chi connectivity index (χ2v) is 15.5. The van der Waals surface area contributed by atoms with Gasteiger partial charge in [-0.1, -0.05) is 18.2 Å². The Morgan fingerprint density at radius 2 is 1.58 bits per heavy atom. The van der Waals surface area contributed by atoms with E-state index in [4.69, 9.17) is 9.47 Å². The highest BCUT2D eigenvalue weighted by molar-refractivity contribution is 7.99. The number of thiophene rings is 1. The fraction of sp³-hybridized carbons (Fsp3) is 0.545. The average molecular weight is 658 g/mol. The zero-order valence-electron chi connectivity index (χ0n) is 26.8. The Morgan fingerprint density at radius 3 is 2.16 bits per heavy atom. The van der Waals surface area contributed by atoms with Gasteiger partial charge in [-0.3, -0.25) is 34.2 Å². The van der Waals surface area contributed by atoms with E-state index in [2.05, 4.69) is 5.32 Å². The van der Waals surface area contributed by atoms with E-state index in [9.17, 15) is 24.0 Å². The third-order valence-corrected chi connectivity index (χ3v) is 9.62. The number of carbonyl (C=O) groups is 5. The SMILES string of the molecule is CC(C)(C)OC(=O)CN1CC(c2cccs2)SCC(NC(CCCCN2C(=O)c3ccccc3C2=O)C(=O)OC(C)(C)C)C1=O. The topological polar surface area (TPSA) is 122 Å². The molecule has 10 nitrogen and oxygen atoms in total. The number of ether oxygens (including phenoxy) is 2. The molecule has 12 heteroatoms. The summed E-state index contributed by atoms with van der Waals surface area (Å²) in [7, 11) is 0. The summed E-state index contributed by atoms with van der Waals surface area (Å²) in [5.41, 5.74) is -0.638. The molecule has 1 aromatic heterocycles. The van der Waals surface area contributed by atoms with E-state index in [1.165, 1.54) is 9.80 Å². The monoisotopic (exact) mass is 657 g/mol. The number of unbranched alkanes of at least 4 members (excludes halogenated alkanes) is 1. The van der Waals surface area contributed by atoms with Crippen LogP contribution in [0, 0.1) is 0 Å². The fourth-order valence-corrected chi connectivity index (χ4v) is 7.49. The molecule has 45 heavy (non-hydrogen) atoms. The minimum Gasteiger partial charge on any atom is -0.459 e. The van der Waals surface area contributed by atoms with E-state index >= 15 is 0 Å². The summed E-state index contributed by atoms with van der Waals surface area (Å²) in [6.07, 6.45) is 1.30. The van der Waals surface area contributed by atoms with Gasteiger partial charge < -0.3 is 14.4 Å². The first-order valence-corrected chi connectivity index (χ1v) is 17.2. The highest BCUT2D eigenvalue weighted by Crippen LogP contribution is 2.36. The van der Waals surface area contributed by atoms with Crippen LogP contribution in [0.2, 0.25) is 0 Å². The lowest BCUT2D eigenvalue weighted by molar-refractivity contribution is -0.160. The molecule has 2 aliphatic rings. The molecular formula is C33H43N3O7S2. The van der Waals surface area contributed by atoms with Crippen molar-refractivity contribution in [1.82, 2.24) is 15.1 Å². The highest BCUT2D eigenvalue weighted by Gasteiger charge is 2.38. The van der Waals surface area contributed by atoms with Crippen LogP contribution in [0.4, 0.5) is 0 Å². The number of rotatable bonds is 11. The second kappa shape index (κ2) is 14.5. The zero-order valence-corrected chi connectivity index (χ0v) is 28.4. The number of hydrogen-bond donors (Lipinski definition) is 1. The first kappa shape index (κ1) is 34.6. The van der Waals surface area contributed by atoms with Gasteiger partial charge in [0, 0.05) is 23.7 Å². The van der Waals surface area contributed by atoms with Gasteiger partial charge in [0.1, 0.15) is 23.8 Å². The largest absolute Gasteiger partial charge is 0.459 e. The molecule has 1 aromatic carbocycles. The quantitative estimate of drug-likeness (QED) is 0.206. The zero-order chi connectivity index (χ0) is 32.9. The van der Waals surface area contributed by atoms with Crippen LogP contribution in [0.3, 0.4) is 0 Å². The Kier molecular flexibility index (Phi) is 11.1. The van der Waals surface area contributed by atoms with Crippen molar-refractivity contribution in [1.29, 1.82) is 0 Å². The van der Waals surface area contributed by atoms with Crippen LogP contribution >= 0.6 is 23.1 Å². The van der Waals surface area contributed by atoms with Gasteiger partial charge in [0.15, 0.2) is 0 Å². The van der Waals surface area contributed by atoms with Crippen molar-refractivity contribution in [2.24, 2.45) is 0 Å². The normalized spacial score (nSPS) is 19.7. The molecule has 0 bridgehead atoms. The molecule has 1 fully saturated rings. The molecular weight excluding hydrogens is 615 g/mol. The second-order valence-electron chi connectivity index (χ2n) is 13.3. The van der Waals surface area contributed by atoms with Crippen molar-refractivity contribution in [3.05, 3.63) is 57.8 Å². The number of fused-ring (bicyclic) bond motifs is 1. The molecule has 2 aromatic rings. The summed E-state index contributed by atoms with van der Waals surface area (Å²) in [6, 6.07) is 9.17. The molecule has 4 rings (SSSR count). The van der Waals surface area contributed by atoms with Crippen LogP contribution < -0.4 is 5.32 Å². The van der Waals surface area contributed by atoms with Gasteiger partial charge in [-0.15, -0.1) is 23.1 Å². The van der Waals surface area contributed by atoms with Crippen molar-refractivity contribution in [3.63, 3.8) is 0 Å². The van der Waals surface area contributed by atoms with E-state index in [0.29, 0.717) is 42.7 Å². The minimum absolute atomic E-state index is 0.0391. The van der Waals surface area contributed by atoms with Crippen LogP contribution in [-0.2, 0) is 23.9 Å². The molecule has 244 valence electrons. The third-order valence-electron chi connectivity index (χ3n) is 7.16. The molecule has 3 amide bonds. The maximum atomic E-state index is 13.9. The summed E-state index contributed by atoms with van der Waals surface area (Å²) >= 11 is 3.20. The Bertz CT molecular complexity index is 1360. The van der Waals surface area contributed by atoms with Crippen LogP contribution in [0.5, 0.6) is 0 Å². The summed E-state index contributed by atoms with van der Waals surface area (Å²) in [5, 5.41) is 5.21. The number of carbonyl (C=O) groups excluding carboxylic acids is 5. The molecule has 0 aliphatic carbocycles. The number of esters is 2. The lowest BCUT2D eigenvalue weighted by Gasteiger charge is -2.30. The van der Waals surface area contributed by atoms with Crippen LogP contribution in [-0.4, -0.2) is 88.1 Å². The lowest BCUT2D eigenvalue weighted by atomic mass is 10.1. The summed E-state index contributed by atoms with van der Waals surface area (Å²) in [5.74, 6) is -1.51.